The predicted octanol–water partition coefficient (Wildman–Crippen LogP) is 9.64. The van der Waals surface area contributed by atoms with Crippen molar-refractivity contribution in [1.29, 1.82) is 0 Å². The Bertz CT molecular complexity index is 2820. The van der Waals surface area contributed by atoms with E-state index in [4.69, 9.17) is 42.6 Å². The molecular weight excluding hydrogens is 1020 g/mol. The zero-order valence-corrected chi connectivity index (χ0v) is 48.5. The number of cyclic esters (lactones) is 1. The van der Waals surface area contributed by atoms with Crippen molar-refractivity contribution in [3.8, 4) is 0 Å². The number of ketones is 1. The molecule has 3 aromatic carbocycles. The van der Waals surface area contributed by atoms with Gasteiger partial charge < -0.3 is 57.7 Å². The molecule has 0 spiro atoms. The number of hydrogen-bond acceptors (Lipinski definition) is 17. The molecule has 2 fully saturated rings. The molecule has 0 unspecified atom stereocenters. The van der Waals surface area contributed by atoms with Crippen molar-refractivity contribution >= 4 is 40.7 Å². The molecule has 0 aliphatic carbocycles. The Morgan fingerprint density at radius 3 is 2.06 bits per heavy atom. The molecule has 2 saturated heterocycles. The van der Waals surface area contributed by atoms with Crippen LogP contribution in [0, 0.1) is 17.8 Å². The summed E-state index contributed by atoms with van der Waals surface area (Å²) in [6.45, 7) is 16.9. The molecule has 16 atom stereocenters. The van der Waals surface area contributed by atoms with Gasteiger partial charge in [0.25, 0.3) is 0 Å². The molecule has 17 nitrogen and oxygen atoms in total. The summed E-state index contributed by atoms with van der Waals surface area (Å²) in [6.07, 6.45) is -3.29. The zero-order valence-electron chi connectivity index (χ0n) is 48.5. The first-order chi connectivity index (χ1) is 37.9. The number of aromatic nitrogens is 1. The van der Waals surface area contributed by atoms with Crippen molar-refractivity contribution in [2.24, 2.45) is 17.8 Å². The minimum atomic E-state index is -2.19. The number of nitrogens with zero attached hydrogens (tertiary/aromatic N) is 2. The van der Waals surface area contributed by atoms with Gasteiger partial charge in [-0.25, -0.2) is 9.59 Å². The number of aliphatic hydroxyl groups is 2. The van der Waals surface area contributed by atoms with Crippen molar-refractivity contribution < 1.29 is 72.0 Å². The third kappa shape index (κ3) is 14.0. The van der Waals surface area contributed by atoms with Crippen LogP contribution in [0.25, 0.3) is 17.0 Å². The van der Waals surface area contributed by atoms with Crippen LogP contribution in [0.15, 0.2) is 115 Å². The van der Waals surface area contributed by atoms with E-state index in [0.29, 0.717) is 17.5 Å². The summed E-state index contributed by atoms with van der Waals surface area (Å²) >= 11 is 0. The molecule has 1 aromatic heterocycles. The summed E-state index contributed by atoms with van der Waals surface area (Å²) < 4.78 is 59.9. The molecule has 7 rings (SSSR count). The number of Topliss-reactive ketones (excluding diaryl/α,β-unsaturated/α-hetero) is 1. The van der Waals surface area contributed by atoms with Crippen LogP contribution in [-0.2, 0) is 52.2 Å². The summed E-state index contributed by atoms with van der Waals surface area (Å²) in [6, 6.07) is 26.6. The lowest BCUT2D eigenvalue weighted by Crippen LogP contribution is -2.62. The highest BCUT2D eigenvalue weighted by Gasteiger charge is 2.55. The number of fused-ring (bicyclic) bond motifs is 1. The number of aliphatic hydroxyl groups excluding tert-OH is 1. The van der Waals surface area contributed by atoms with Gasteiger partial charge in [0.2, 0.25) is 0 Å². The molecular formula is C63H82N2O15. The average Bonchev–Trinajstić information content (AvgIpc) is 3.44. The molecule has 0 saturated carbocycles. The van der Waals surface area contributed by atoms with Gasteiger partial charge in [0.1, 0.15) is 17.5 Å². The first-order valence-corrected chi connectivity index (χ1v) is 27.8. The normalized spacial score (nSPS) is 34.9. The van der Waals surface area contributed by atoms with Crippen LogP contribution in [0.5, 0.6) is 0 Å². The van der Waals surface area contributed by atoms with Gasteiger partial charge in [-0.3, -0.25) is 14.6 Å². The van der Waals surface area contributed by atoms with Crippen LogP contribution in [0.4, 0.5) is 0 Å². The van der Waals surface area contributed by atoms with Gasteiger partial charge in [-0.05, 0) is 124 Å². The Hall–Kier alpha value is -5.89. The van der Waals surface area contributed by atoms with Crippen molar-refractivity contribution in [3.63, 3.8) is 0 Å². The van der Waals surface area contributed by atoms with Crippen LogP contribution in [0.2, 0.25) is 0 Å². The van der Waals surface area contributed by atoms with Gasteiger partial charge in [-0.1, -0.05) is 87.5 Å². The van der Waals surface area contributed by atoms with Crippen LogP contribution >= 0.6 is 0 Å². The monoisotopic (exact) mass is 1110 g/mol. The van der Waals surface area contributed by atoms with Crippen molar-refractivity contribution in [1.82, 2.24) is 9.88 Å². The van der Waals surface area contributed by atoms with Crippen molar-refractivity contribution in [2.45, 2.75) is 173 Å². The summed E-state index contributed by atoms with van der Waals surface area (Å²) in [7, 11) is 5.29. The maximum Gasteiger partial charge on any atom is 0.338 e. The molecule has 434 valence electrons. The number of benzene rings is 3. The molecule has 4 aromatic rings. The predicted molar refractivity (Wildman–Crippen MR) is 300 cm³/mol. The second kappa shape index (κ2) is 26.4. The summed E-state index contributed by atoms with van der Waals surface area (Å²) in [4.78, 5) is 64.0. The van der Waals surface area contributed by atoms with E-state index in [-0.39, 0.29) is 31.4 Å². The van der Waals surface area contributed by atoms with E-state index in [1.807, 2.05) is 82.3 Å². The molecule has 0 amide bonds. The first kappa shape index (κ1) is 61.7. The second-order valence-electron chi connectivity index (χ2n) is 22.7. The summed E-state index contributed by atoms with van der Waals surface area (Å²) in [5, 5.41) is 24.8. The third-order valence-electron chi connectivity index (χ3n) is 16.3. The Morgan fingerprint density at radius 2 is 1.44 bits per heavy atom. The maximum atomic E-state index is 15.0. The molecule has 80 heavy (non-hydrogen) atoms. The van der Waals surface area contributed by atoms with Gasteiger partial charge in [0.05, 0.1) is 65.2 Å². The number of carbonyl (C=O) groups is 4. The number of carbonyl (C=O) groups excluding carboxylic acids is 4. The smallest absolute Gasteiger partial charge is 0.338 e. The molecule has 17 heteroatoms. The maximum absolute atomic E-state index is 15.0. The third-order valence-corrected chi connectivity index (χ3v) is 16.3. The Labute approximate surface area is 470 Å². The average molecular weight is 1110 g/mol. The van der Waals surface area contributed by atoms with Crippen LogP contribution in [-0.4, -0.2) is 150 Å². The Morgan fingerprint density at radius 1 is 0.812 bits per heavy atom. The fraction of sp³-hybridized carbons (Fsp3) is 0.540. The van der Waals surface area contributed by atoms with E-state index >= 15 is 0 Å². The van der Waals surface area contributed by atoms with Crippen LogP contribution in [0.3, 0.4) is 0 Å². The highest BCUT2D eigenvalue weighted by atomic mass is 16.7. The molecule has 0 radical (unpaired) electrons. The number of likely N-dealkylation sites (N-methyl/N-ethyl adjacent to an activating group) is 1. The van der Waals surface area contributed by atoms with E-state index in [0.717, 1.165) is 16.5 Å². The van der Waals surface area contributed by atoms with Crippen molar-refractivity contribution in [2.75, 3.05) is 27.8 Å². The number of allylic oxidation sites excluding steroid dienone is 1. The first-order valence-electron chi connectivity index (χ1n) is 27.8. The van der Waals surface area contributed by atoms with Gasteiger partial charge in [-0.15, -0.1) is 0 Å². The highest BCUT2D eigenvalue weighted by molar-refractivity contribution is 5.97. The number of methoxy groups -OCH3 is 1. The van der Waals surface area contributed by atoms with Crippen LogP contribution < -0.4 is 0 Å². The minimum absolute atomic E-state index is 0.0142. The zero-order chi connectivity index (χ0) is 58.3. The van der Waals surface area contributed by atoms with Gasteiger partial charge in [-0.2, -0.15) is 0 Å². The van der Waals surface area contributed by atoms with Gasteiger partial charge in [0.15, 0.2) is 36.2 Å². The molecule has 3 aliphatic rings. The number of esters is 3. The Balaban J connectivity index is 1.37. The molecule has 3 aliphatic heterocycles. The second-order valence-corrected chi connectivity index (χ2v) is 22.7. The van der Waals surface area contributed by atoms with E-state index in [1.165, 1.54) is 21.0 Å². The number of rotatable bonds is 15. The van der Waals surface area contributed by atoms with E-state index in [9.17, 15) is 29.4 Å². The van der Waals surface area contributed by atoms with Crippen LogP contribution in [0.1, 0.15) is 121 Å². The quantitative estimate of drug-likeness (QED) is 0.0839. The lowest BCUT2D eigenvalue weighted by molar-refractivity contribution is -0.319. The number of para-hydroxylation sites is 1. The number of hydrogen-bond donors (Lipinski definition) is 2. The van der Waals surface area contributed by atoms with Gasteiger partial charge in [0, 0.05) is 42.5 Å². The minimum Gasteiger partial charge on any atom is -0.509 e. The van der Waals surface area contributed by atoms with E-state index in [2.05, 4.69) is 4.98 Å². The number of ether oxygens (including phenoxy) is 9. The highest BCUT2D eigenvalue weighted by Crippen LogP contribution is 2.43. The SMILES string of the molecule is CC[C@H]1OC(=O)[C@H](C)[C@@H](O[C@H]2C[C@@](C)(OC)[C@@H](OC(=O)c3ccccc3)[C@H](C)O2)[C@H](C)[C@@H](O[C@@H]2O[C@H](C)C[C@H](N(C)C)[C@H]2OC(=O)c2ccccc2)[C@](C)(OC/C=C/c2cnc3ccccc3c2)C[C@@H](C)C(=O)/C(C)=C(\O)[C@]1(C)O. The molecule has 4 heterocycles. The lowest BCUT2D eigenvalue weighted by atomic mass is 9.76. The summed E-state index contributed by atoms with van der Waals surface area (Å²) in [5.74, 6) is -6.11. The largest absolute Gasteiger partial charge is 0.509 e. The van der Waals surface area contributed by atoms with E-state index < -0.39 is 125 Å². The molecule has 0 bridgehead atoms. The lowest BCUT2D eigenvalue weighted by Gasteiger charge is -2.50. The number of pyridine rings is 1. The van der Waals surface area contributed by atoms with E-state index in [1.54, 1.807) is 101 Å². The standard InChI is InChI=1S/C63H82N2O15/c1-14-49-63(10,71)54(67)39(4)51(66)37(2)34-62(9,73-31-23-24-43-33-46-29-21-22-30-47(46)64-36-43)55(80-60-53(48(65(11)12)32-38(3)74-60)78-58(69)44-25-17-15-18-26-44)40(5)52(41(6)57(68)76-49)77-50-35-61(8,72-13)56(42(7)75-50)79-59(70)45-27-19-16-20-28-45/h15-30,33,36-38,40-42,48-50,52-53,55-56,60,67,71H,14,31-32,34-35H2,1-13H3/b24-23+,54-39-/t37-,38-,40+,41-,42+,48+,49-,50+,52+,53-,55-,56+,60+,61-,62-,63-/m1/s1. The fourth-order valence-electron chi connectivity index (χ4n) is 11.7. The fourth-order valence-corrected chi connectivity index (χ4v) is 11.7. The van der Waals surface area contributed by atoms with Gasteiger partial charge >= 0.3 is 17.9 Å². The molecule has 2 N–H and O–H groups in total. The Kier molecular flexibility index (Phi) is 20.3. The topological polar surface area (TPSA) is 208 Å². The summed E-state index contributed by atoms with van der Waals surface area (Å²) in [5.41, 5.74) is -2.70. The van der Waals surface area contributed by atoms with Crippen molar-refractivity contribution in [3.05, 3.63) is 131 Å².